The summed E-state index contributed by atoms with van der Waals surface area (Å²) in [6, 6.07) is -8.06. The molecule has 1 aliphatic heterocycles. The van der Waals surface area contributed by atoms with Gasteiger partial charge in [0.1, 0.15) is 36.8 Å². The quantitative estimate of drug-likeness (QED) is 0.0582. The minimum Gasteiger partial charge on any atom is -0.481 e. The van der Waals surface area contributed by atoms with Crippen molar-refractivity contribution in [3.8, 4) is 0 Å². The Morgan fingerprint density at radius 2 is 1.21 bits per heavy atom. The van der Waals surface area contributed by atoms with Crippen molar-refractivity contribution in [2.45, 2.75) is 173 Å². The summed E-state index contributed by atoms with van der Waals surface area (Å²) < 4.78 is 0. The number of hydrogen-bond acceptors (Lipinski definition) is 11. The zero-order valence-electron chi connectivity index (χ0n) is 36.6. The Kier molecular flexibility index (Phi) is 20.4. The highest BCUT2D eigenvalue weighted by Gasteiger charge is 2.51. The van der Waals surface area contributed by atoms with E-state index in [0.717, 1.165) is 45.4 Å². The van der Waals surface area contributed by atoms with Crippen molar-refractivity contribution in [1.82, 2.24) is 36.8 Å². The SMILES string of the molecule is CCCC(NC(=O)[C@@H]1C[C@@H]2CCCC[C@@H]2N1C(=O)[C@@H](NC(=O)[C@@H](NC(=O)[C@H](CCC(=O)O)NC(=O)[C@H](CCC(=O)O)NC(C)=O)C(C)C)C1CCCCC1)C(=O)C(=O)NCC(=O)O. The number of carboxylic acids is 3. The molecule has 3 aliphatic rings. The van der Waals surface area contributed by atoms with Crippen molar-refractivity contribution < 1.29 is 68.1 Å². The number of nitrogens with one attached hydrogen (secondary N) is 6. The number of hydrogen-bond donors (Lipinski definition) is 9. The van der Waals surface area contributed by atoms with E-state index in [0.29, 0.717) is 25.7 Å². The summed E-state index contributed by atoms with van der Waals surface area (Å²) in [5, 5.41) is 42.5. The molecule has 0 bridgehead atoms. The highest BCUT2D eigenvalue weighted by molar-refractivity contribution is 6.38. The number of ketones is 1. The maximum atomic E-state index is 15.1. The van der Waals surface area contributed by atoms with E-state index in [1.54, 1.807) is 20.8 Å². The molecule has 2 saturated carbocycles. The van der Waals surface area contributed by atoms with Crippen LogP contribution < -0.4 is 31.9 Å². The third kappa shape index (κ3) is 15.6. The molecule has 7 amide bonds. The third-order valence-corrected chi connectivity index (χ3v) is 12.0. The Morgan fingerprint density at radius 3 is 1.76 bits per heavy atom. The van der Waals surface area contributed by atoms with Gasteiger partial charge in [-0.3, -0.25) is 52.7 Å². The molecule has 9 N–H and O–H groups in total. The Bertz CT molecular complexity index is 1720. The number of nitrogens with zero attached hydrogens (tertiary/aromatic N) is 1. The normalized spacial score (nSPS) is 21.0. The van der Waals surface area contributed by atoms with Gasteiger partial charge in [-0.15, -0.1) is 0 Å². The van der Waals surface area contributed by atoms with E-state index in [2.05, 4.69) is 26.6 Å². The summed E-state index contributed by atoms with van der Waals surface area (Å²) >= 11 is 0. The molecule has 1 unspecified atom stereocenters. The van der Waals surface area contributed by atoms with E-state index in [4.69, 9.17) is 10.2 Å². The van der Waals surface area contributed by atoms with Gasteiger partial charge in [0.05, 0.1) is 6.04 Å². The van der Waals surface area contributed by atoms with Gasteiger partial charge >= 0.3 is 17.9 Å². The lowest BCUT2D eigenvalue weighted by atomic mass is 9.82. The molecule has 0 aromatic carbocycles. The third-order valence-electron chi connectivity index (χ3n) is 12.0. The molecule has 3 fully saturated rings. The topological polar surface area (TPSA) is 324 Å². The standard InChI is InChI=1S/C42H65N7O14/c1-5-11-26(36(57)41(62)43-21-33(55)56)45-39(60)30-20-25-14-9-10-15-29(25)49(30)42(63)35(24-12-7-6-8-13-24)48-40(61)34(22(2)3)47-38(59)28(17-19-32(53)54)46-37(58)27(44-23(4)50)16-18-31(51)52/h22,24-30,34-35H,5-21H2,1-4H3,(H,43,62)(H,44,50)(H,45,60)(H,46,58)(H,47,59)(H,48,61)(H,51,52)(H,53,54)(H,55,56)/t25-,26?,27-,28-,29-,30-,34-,35-/m0/s1. The zero-order chi connectivity index (χ0) is 47.0. The van der Waals surface area contributed by atoms with Crippen LogP contribution in [0.2, 0.25) is 0 Å². The molecule has 0 aromatic heterocycles. The number of aliphatic carboxylic acids is 3. The number of carbonyl (C=O) groups is 11. The molecule has 1 heterocycles. The number of carbonyl (C=O) groups excluding carboxylic acids is 8. The van der Waals surface area contributed by atoms with E-state index in [1.807, 2.05) is 5.32 Å². The van der Waals surface area contributed by atoms with Crippen molar-refractivity contribution in [3.63, 3.8) is 0 Å². The first-order valence-electron chi connectivity index (χ1n) is 22.0. The summed E-state index contributed by atoms with van der Waals surface area (Å²) in [4.78, 5) is 143. The second kappa shape index (κ2) is 24.9. The monoisotopic (exact) mass is 891 g/mol. The molecule has 3 rings (SSSR count). The highest BCUT2D eigenvalue weighted by Crippen LogP contribution is 2.41. The van der Waals surface area contributed by atoms with Gasteiger partial charge in [-0.05, 0) is 69.1 Å². The summed E-state index contributed by atoms with van der Waals surface area (Å²) in [5.74, 6) is -11.5. The molecule has 21 nitrogen and oxygen atoms in total. The predicted octanol–water partition coefficient (Wildman–Crippen LogP) is 0.126. The zero-order valence-corrected chi connectivity index (χ0v) is 36.6. The summed E-state index contributed by atoms with van der Waals surface area (Å²) in [7, 11) is 0. The lowest BCUT2D eigenvalue weighted by Crippen LogP contribution is -2.62. The van der Waals surface area contributed by atoms with E-state index >= 15 is 4.79 Å². The summed E-state index contributed by atoms with van der Waals surface area (Å²) in [5.41, 5.74) is 0. The Labute approximate surface area is 366 Å². The van der Waals surface area contributed by atoms with E-state index in [-0.39, 0.29) is 37.1 Å². The molecule has 63 heavy (non-hydrogen) atoms. The molecule has 0 spiro atoms. The van der Waals surface area contributed by atoms with Gasteiger partial charge in [-0.1, -0.05) is 59.3 Å². The van der Waals surface area contributed by atoms with Crippen LogP contribution in [0.4, 0.5) is 0 Å². The number of fused-ring (bicyclic) bond motifs is 1. The maximum Gasteiger partial charge on any atom is 0.322 e. The van der Waals surface area contributed by atoms with Gasteiger partial charge in [-0.25, -0.2) is 0 Å². The fraction of sp³-hybridized carbons (Fsp3) is 0.738. The number of carboxylic acid groups (broad SMARTS) is 3. The molecule has 21 heteroatoms. The van der Waals surface area contributed by atoms with Gasteiger partial charge in [0.2, 0.25) is 41.2 Å². The van der Waals surface area contributed by atoms with Crippen molar-refractivity contribution in [2.24, 2.45) is 17.8 Å². The van der Waals surface area contributed by atoms with Crippen LogP contribution in [0, 0.1) is 17.8 Å². The molecule has 8 atom stereocenters. The maximum absolute atomic E-state index is 15.1. The van der Waals surface area contributed by atoms with Crippen LogP contribution in [-0.4, -0.2) is 134 Å². The lowest BCUT2D eigenvalue weighted by molar-refractivity contribution is -0.147. The minimum absolute atomic E-state index is 0.0598. The first-order chi connectivity index (χ1) is 29.7. The van der Waals surface area contributed by atoms with Gasteiger partial charge in [-0.2, -0.15) is 0 Å². The van der Waals surface area contributed by atoms with Crippen molar-refractivity contribution in [3.05, 3.63) is 0 Å². The Balaban J connectivity index is 1.92. The minimum atomic E-state index is -1.53. The van der Waals surface area contributed by atoms with Gasteiger partial charge < -0.3 is 52.1 Å². The predicted molar refractivity (Wildman–Crippen MR) is 222 cm³/mol. The highest BCUT2D eigenvalue weighted by atomic mass is 16.4. The fourth-order valence-electron chi connectivity index (χ4n) is 8.87. The second-order valence-electron chi connectivity index (χ2n) is 17.2. The van der Waals surface area contributed by atoms with E-state index < -0.39 is 133 Å². The van der Waals surface area contributed by atoms with Crippen molar-refractivity contribution in [1.29, 1.82) is 0 Å². The van der Waals surface area contributed by atoms with Gasteiger partial charge in [0, 0.05) is 25.8 Å². The van der Waals surface area contributed by atoms with Crippen LogP contribution in [0.5, 0.6) is 0 Å². The van der Waals surface area contributed by atoms with Crippen molar-refractivity contribution in [2.75, 3.05) is 6.54 Å². The van der Waals surface area contributed by atoms with E-state index in [1.165, 1.54) is 4.90 Å². The van der Waals surface area contributed by atoms with Gasteiger partial charge in [0.25, 0.3) is 5.91 Å². The first-order valence-corrected chi connectivity index (χ1v) is 22.0. The number of rotatable bonds is 24. The number of likely N-dealkylation sites (tertiary alicyclic amines) is 1. The van der Waals surface area contributed by atoms with Crippen LogP contribution in [0.25, 0.3) is 0 Å². The van der Waals surface area contributed by atoms with Crippen LogP contribution in [-0.2, 0) is 52.7 Å². The lowest BCUT2D eigenvalue weighted by Gasteiger charge is -2.39. The second-order valence-corrected chi connectivity index (χ2v) is 17.2. The number of amides is 7. The van der Waals surface area contributed by atoms with E-state index in [9.17, 15) is 53.1 Å². The molecular formula is C42H65N7O14. The molecule has 352 valence electrons. The molecule has 2 aliphatic carbocycles. The largest absolute Gasteiger partial charge is 0.481 e. The van der Waals surface area contributed by atoms with Gasteiger partial charge in [0.15, 0.2) is 0 Å². The smallest absolute Gasteiger partial charge is 0.322 e. The summed E-state index contributed by atoms with van der Waals surface area (Å²) in [6.45, 7) is 5.33. The average Bonchev–Trinajstić information content (AvgIpc) is 3.63. The van der Waals surface area contributed by atoms with Crippen LogP contribution in [0.3, 0.4) is 0 Å². The molecule has 0 aromatic rings. The van der Waals surface area contributed by atoms with Crippen LogP contribution in [0.1, 0.15) is 130 Å². The number of Topliss-reactive ketones (excluding diaryl/α,β-unsaturated/α-hetero) is 1. The van der Waals surface area contributed by atoms with Crippen LogP contribution in [0.15, 0.2) is 0 Å². The Hall–Kier alpha value is -5.63. The average molecular weight is 892 g/mol. The van der Waals surface area contributed by atoms with Crippen LogP contribution >= 0.6 is 0 Å². The first kappa shape index (κ1) is 51.7. The fourth-order valence-corrected chi connectivity index (χ4v) is 8.87. The Morgan fingerprint density at radius 1 is 0.635 bits per heavy atom. The molecule has 1 saturated heterocycles. The van der Waals surface area contributed by atoms with Crippen molar-refractivity contribution >= 4 is 65.0 Å². The molecule has 0 radical (unpaired) electrons. The molecular weight excluding hydrogens is 826 g/mol. The summed E-state index contributed by atoms with van der Waals surface area (Å²) in [6.07, 6.45) is 5.50.